The van der Waals surface area contributed by atoms with Gasteiger partial charge in [0.2, 0.25) is 0 Å². The van der Waals surface area contributed by atoms with E-state index < -0.39 is 14.7 Å². The number of amides is 1. The molecule has 7 nitrogen and oxygen atoms in total. The molecule has 4 aromatic rings. The SMILES string of the molecule is CO[Si](OC)(OC)c1ccc(NC(=O)C(C#N)=Cc2ccc(N(c3ccccc3)c3ccccc3)cc2)cc1. The Hall–Kier alpha value is -4.52. The molecule has 4 rings (SSSR count). The fraction of sp³-hybridized carbons (Fsp3) is 0.0968. The lowest BCUT2D eigenvalue weighted by Gasteiger charge is -2.25. The lowest BCUT2D eigenvalue weighted by Crippen LogP contribution is -2.54. The molecule has 8 heteroatoms. The van der Waals surface area contributed by atoms with Crippen LogP contribution in [0.5, 0.6) is 0 Å². The summed E-state index contributed by atoms with van der Waals surface area (Å²) >= 11 is 0. The molecule has 0 aromatic heterocycles. The number of nitriles is 1. The van der Waals surface area contributed by atoms with Crippen LogP contribution in [0.25, 0.3) is 6.08 Å². The van der Waals surface area contributed by atoms with Crippen molar-refractivity contribution >= 4 is 48.7 Å². The van der Waals surface area contributed by atoms with E-state index >= 15 is 0 Å². The Labute approximate surface area is 229 Å². The minimum Gasteiger partial charge on any atom is -0.373 e. The van der Waals surface area contributed by atoms with E-state index in [9.17, 15) is 10.1 Å². The number of rotatable bonds is 10. The second kappa shape index (κ2) is 12.8. The van der Waals surface area contributed by atoms with Gasteiger partial charge in [-0.05, 0) is 60.2 Å². The molecule has 0 saturated heterocycles. The molecule has 0 heterocycles. The zero-order valence-electron chi connectivity index (χ0n) is 22.0. The summed E-state index contributed by atoms with van der Waals surface area (Å²) in [6.07, 6.45) is 1.57. The van der Waals surface area contributed by atoms with Crippen LogP contribution in [-0.4, -0.2) is 36.0 Å². The minimum atomic E-state index is -2.97. The normalized spacial score (nSPS) is 11.5. The summed E-state index contributed by atoms with van der Waals surface area (Å²) in [7, 11) is 1.63. The van der Waals surface area contributed by atoms with Crippen molar-refractivity contribution in [2.75, 3.05) is 31.5 Å². The quantitative estimate of drug-likeness (QED) is 0.157. The van der Waals surface area contributed by atoms with Crippen molar-refractivity contribution in [3.63, 3.8) is 0 Å². The molecule has 0 aliphatic heterocycles. The molecule has 0 spiro atoms. The van der Waals surface area contributed by atoms with Crippen molar-refractivity contribution < 1.29 is 18.1 Å². The van der Waals surface area contributed by atoms with E-state index in [-0.39, 0.29) is 5.57 Å². The molecule has 0 atom stereocenters. The van der Waals surface area contributed by atoms with Gasteiger partial charge in [0.1, 0.15) is 11.6 Å². The van der Waals surface area contributed by atoms with Gasteiger partial charge in [0, 0.05) is 49.3 Å². The lowest BCUT2D eigenvalue weighted by molar-refractivity contribution is -0.112. The number of carbonyl (C=O) groups excluding carboxylic acids is 1. The van der Waals surface area contributed by atoms with Gasteiger partial charge in [-0.3, -0.25) is 4.79 Å². The number of hydrogen-bond donors (Lipinski definition) is 1. The first-order valence-electron chi connectivity index (χ1n) is 12.2. The Morgan fingerprint density at radius 3 is 1.69 bits per heavy atom. The molecule has 0 bridgehead atoms. The van der Waals surface area contributed by atoms with Gasteiger partial charge in [0.15, 0.2) is 0 Å². The second-order valence-electron chi connectivity index (χ2n) is 8.47. The van der Waals surface area contributed by atoms with E-state index in [1.54, 1.807) is 30.3 Å². The molecule has 0 aliphatic rings. The van der Waals surface area contributed by atoms with Crippen LogP contribution in [0, 0.1) is 11.3 Å². The van der Waals surface area contributed by atoms with Crippen LogP contribution in [0.3, 0.4) is 0 Å². The van der Waals surface area contributed by atoms with E-state index in [0.717, 1.165) is 27.8 Å². The highest BCUT2D eigenvalue weighted by Crippen LogP contribution is 2.34. The summed E-state index contributed by atoms with van der Waals surface area (Å²) in [6.45, 7) is 0. The van der Waals surface area contributed by atoms with Gasteiger partial charge < -0.3 is 23.5 Å². The number of nitrogens with one attached hydrogen (secondary N) is 1. The zero-order valence-corrected chi connectivity index (χ0v) is 23.0. The molecule has 196 valence electrons. The predicted octanol–water partition coefficient (Wildman–Crippen LogP) is 5.79. The predicted molar refractivity (Wildman–Crippen MR) is 156 cm³/mol. The summed E-state index contributed by atoms with van der Waals surface area (Å²) in [4.78, 5) is 15.0. The average molecular weight is 536 g/mol. The number of carbonyl (C=O) groups is 1. The van der Waals surface area contributed by atoms with Crippen molar-refractivity contribution in [1.82, 2.24) is 0 Å². The maximum Gasteiger partial charge on any atom is 0.536 e. The van der Waals surface area contributed by atoms with Crippen molar-refractivity contribution in [1.29, 1.82) is 5.26 Å². The Morgan fingerprint density at radius 2 is 1.23 bits per heavy atom. The third-order valence-electron chi connectivity index (χ3n) is 6.16. The number of anilines is 4. The highest BCUT2D eigenvalue weighted by molar-refractivity contribution is 6.75. The van der Waals surface area contributed by atoms with Crippen LogP contribution in [0.1, 0.15) is 5.56 Å². The van der Waals surface area contributed by atoms with Crippen LogP contribution < -0.4 is 15.4 Å². The van der Waals surface area contributed by atoms with E-state index in [1.807, 2.05) is 91.0 Å². The Morgan fingerprint density at radius 1 is 0.744 bits per heavy atom. The summed E-state index contributed by atoms with van der Waals surface area (Å²) in [5, 5.41) is 13.2. The largest absolute Gasteiger partial charge is 0.536 e. The first-order chi connectivity index (χ1) is 19.0. The monoisotopic (exact) mass is 535 g/mol. The maximum absolute atomic E-state index is 12.9. The summed E-state index contributed by atoms with van der Waals surface area (Å²) in [5.41, 5.74) is 4.26. The van der Waals surface area contributed by atoms with Gasteiger partial charge in [0.25, 0.3) is 5.91 Å². The Bertz CT molecular complexity index is 1400. The van der Waals surface area contributed by atoms with Crippen molar-refractivity contribution in [3.8, 4) is 6.07 Å². The van der Waals surface area contributed by atoms with Crippen molar-refractivity contribution in [2.45, 2.75) is 0 Å². The van der Waals surface area contributed by atoms with E-state index in [0.29, 0.717) is 5.69 Å². The molecular formula is C31H29N3O4Si. The first-order valence-corrected chi connectivity index (χ1v) is 14.0. The van der Waals surface area contributed by atoms with Gasteiger partial charge in [0.05, 0.1) is 0 Å². The number of hydrogen-bond acceptors (Lipinski definition) is 6. The third-order valence-corrected chi connectivity index (χ3v) is 8.81. The van der Waals surface area contributed by atoms with Gasteiger partial charge in [-0.25, -0.2) is 0 Å². The van der Waals surface area contributed by atoms with Gasteiger partial charge >= 0.3 is 8.80 Å². The fourth-order valence-electron chi connectivity index (χ4n) is 4.20. The van der Waals surface area contributed by atoms with Crippen LogP contribution >= 0.6 is 0 Å². The molecular weight excluding hydrogens is 506 g/mol. The first kappa shape index (κ1) is 27.5. The van der Waals surface area contributed by atoms with Crippen molar-refractivity contribution in [2.24, 2.45) is 0 Å². The average Bonchev–Trinajstić information content (AvgIpc) is 3.00. The summed E-state index contributed by atoms with van der Waals surface area (Å²) in [5.74, 6) is -0.502. The molecule has 4 aromatic carbocycles. The van der Waals surface area contributed by atoms with Gasteiger partial charge in [-0.1, -0.05) is 60.7 Å². The summed E-state index contributed by atoms with van der Waals surface area (Å²) < 4.78 is 16.5. The van der Waals surface area contributed by atoms with Gasteiger partial charge in [-0.15, -0.1) is 0 Å². The van der Waals surface area contributed by atoms with E-state index in [2.05, 4.69) is 10.2 Å². The van der Waals surface area contributed by atoms with Crippen LogP contribution in [0.15, 0.2) is 115 Å². The Kier molecular flexibility index (Phi) is 9.04. The molecule has 0 radical (unpaired) electrons. The third kappa shape index (κ3) is 6.31. The maximum atomic E-state index is 12.9. The molecule has 0 fully saturated rings. The molecule has 1 amide bonds. The van der Waals surface area contributed by atoms with Crippen LogP contribution in [0.2, 0.25) is 0 Å². The smallest absolute Gasteiger partial charge is 0.373 e. The minimum absolute atomic E-state index is 0.0100. The highest BCUT2D eigenvalue weighted by atomic mass is 28.4. The number of para-hydroxylation sites is 2. The van der Waals surface area contributed by atoms with E-state index in [1.165, 1.54) is 21.3 Å². The number of nitrogens with zero attached hydrogens (tertiary/aromatic N) is 2. The van der Waals surface area contributed by atoms with E-state index in [4.69, 9.17) is 13.3 Å². The Balaban J connectivity index is 1.53. The van der Waals surface area contributed by atoms with Crippen molar-refractivity contribution in [3.05, 3.63) is 120 Å². The molecule has 0 saturated carbocycles. The standard InChI is InChI=1S/C31H29N3O4Si/c1-36-39(37-2,38-3)30-20-16-26(17-21-30)33-31(35)25(23-32)22-24-14-18-29(19-15-24)34(27-10-6-4-7-11-27)28-12-8-5-9-13-28/h4-22H,1-3H3,(H,33,35). The van der Waals surface area contributed by atoms with Crippen LogP contribution in [0.4, 0.5) is 22.7 Å². The lowest BCUT2D eigenvalue weighted by atomic mass is 10.1. The second-order valence-corrected chi connectivity index (χ2v) is 11.4. The molecule has 39 heavy (non-hydrogen) atoms. The topological polar surface area (TPSA) is 83.8 Å². The highest BCUT2D eigenvalue weighted by Gasteiger charge is 2.40. The van der Waals surface area contributed by atoms with Crippen LogP contribution in [-0.2, 0) is 18.1 Å². The number of benzene rings is 4. The summed E-state index contributed by atoms with van der Waals surface area (Å²) in [6, 6.07) is 36.9. The fourth-order valence-corrected chi connectivity index (χ4v) is 5.98. The molecule has 0 unspecified atom stereocenters. The molecule has 0 aliphatic carbocycles. The molecule has 1 N–H and O–H groups in total. The zero-order chi connectivity index (χ0) is 27.7. The van der Waals surface area contributed by atoms with Gasteiger partial charge in [-0.2, -0.15) is 5.26 Å².